The highest BCUT2D eigenvalue weighted by Crippen LogP contribution is 2.36. The Kier molecular flexibility index (Phi) is 12.1. The molecule has 0 aromatic heterocycles. The van der Waals surface area contributed by atoms with Crippen molar-refractivity contribution in [2.45, 2.75) is 65.0 Å². The molecule has 2 aromatic rings. The van der Waals surface area contributed by atoms with Gasteiger partial charge < -0.3 is 20.3 Å². The lowest BCUT2D eigenvalue weighted by Gasteiger charge is -2.32. The number of nitrogens with one attached hydrogen (secondary N) is 1. The second-order valence-corrected chi connectivity index (χ2v) is 10.6. The fourth-order valence-electron chi connectivity index (χ4n) is 5.36. The van der Waals surface area contributed by atoms with Gasteiger partial charge in [-0.05, 0) is 82.8 Å². The minimum atomic E-state index is 0.0321. The first-order valence-corrected chi connectivity index (χ1v) is 14.0. The number of ether oxygens (including phenoxy) is 1. The van der Waals surface area contributed by atoms with E-state index in [1.54, 1.807) is 0 Å². The van der Waals surface area contributed by atoms with Gasteiger partial charge in [-0.1, -0.05) is 54.6 Å². The summed E-state index contributed by atoms with van der Waals surface area (Å²) in [4.78, 5) is 2.52. The van der Waals surface area contributed by atoms with Gasteiger partial charge in [-0.25, -0.2) is 0 Å². The van der Waals surface area contributed by atoms with Crippen LogP contribution in [0.3, 0.4) is 0 Å². The molecule has 1 aliphatic rings. The summed E-state index contributed by atoms with van der Waals surface area (Å²) >= 11 is 0. The Labute approximate surface area is 229 Å². The lowest BCUT2D eigenvalue weighted by Crippen LogP contribution is -2.38. The summed E-state index contributed by atoms with van der Waals surface area (Å²) in [6.07, 6.45) is 12.7. The summed E-state index contributed by atoms with van der Waals surface area (Å²) in [7, 11) is 0. The number of aliphatic hydroxyl groups excluding tert-OH is 1. The van der Waals surface area contributed by atoms with E-state index in [9.17, 15) is 5.11 Å². The van der Waals surface area contributed by atoms with Crippen LogP contribution in [0, 0.1) is 5.92 Å². The molecule has 0 aliphatic carbocycles. The van der Waals surface area contributed by atoms with Crippen molar-refractivity contribution in [3.63, 3.8) is 0 Å². The van der Waals surface area contributed by atoms with Crippen LogP contribution in [0.1, 0.15) is 63.1 Å². The molecule has 0 saturated heterocycles. The van der Waals surface area contributed by atoms with Crippen LogP contribution < -0.4 is 5.32 Å². The van der Waals surface area contributed by atoms with Crippen LogP contribution in [0.2, 0.25) is 0 Å². The van der Waals surface area contributed by atoms with E-state index in [1.165, 1.54) is 11.1 Å². The van der Waals surface area contributed by atoms with Gasteiger partial charge >= 0.3 is 0 Å². The van der Waals surface area contributed by atoms with Crippen LogP contribution in [0.25, 0.3) is 0 Å². The quantitative estimate of drug-likeness (QED) is 0.247. The van der Waals surface area contributed by atoms with E-state index >= 15 is 0 Å². The second-order valence-electron chi connectivity index (χ2n) is 10.6. The minimum Gasteiger partial charge on any atom is -0.508 e. The molecular weight excluding hydrogens is 472 g/mol. The van der Waals surface area contributed by atoms with Gasteiger partial charge in [0.25, 0.3) is 0 Å². The SMILES string of the molecule is CC(C)N(CCC(c1ccccc1)c1cc(CC(CCOCCO)C2=CC=CC=CN2)ccc1O)C(C)C. The number of aromatic hydroxyl groups is 1. The van der Waals surface area contributed by atoms with Crippen LogP contribution >= 0.6 is 0 Å². The van der Waals surface area contributed by atoms with Crippen molar-refractivity contribution in [2.24, 2.45) is 5.92 Å². The average Bonchev–Trinajstić information content (AvgIpc) is 3.19. The van der Waals surface area contributed by atoms with E-state index in [2.05, 4.69) is 80.4 Å². The highest BCUT2D eigenvalue weighted by Gasteiger charge is 2.23. The van der Waals surface area contributed by atoms with Crippen LogP contribution in [0.4, 0.5) is 0 Å². The van der Waals surface area contributed by atoms with Gasteiger partial charge in [-0.3, -0.25) is 4.90 Å². The van der Waals surface area contributed by atoms with Crippen molar-refractivity contribution in [1.29, 1.82) is 0 Å². The van der Waals surface area contributed by atoms with Gasteiger partial charge in [0.05, 0.1) is 13.2 Å². The highest BCUT2D eigenvalue weighted by atomic mass is 16.5. The van der Waals surface area contributed by atoms with Gasteiger partial charge in [0.15, 0.2) is 0 Å². The number of allylic oxidation sites excluding steroid dienone is 5. The molecule has 0 amide bonds. The number of hydrogen-bond acceptors (Lipinski definition) is 5. The third-order valence-electron chi connectivity index (χ3n) is 7.28. The zero-order valence-corrected chi connectivity index (χ0v) is 23.5. The third-order valence-corrected chi connectivity index (χ3v) is 7.28. The molecule has 0 bridgehead atoms. The fourth-order valence-corrected chi connectivity index (χ4v) is 5.36. The molecule has 0 fully saturated rings. The molecule has 206 valence electrons. The molecule has 3 rings (SSSR count). The molecule has 1 aliphatic heterocycles. The fraction of sp³-hybridized carbons (Fsp3) is 0.455. The summed E-state index contributed by atoms with van der Waals surface area (Å²) in [5.41, 5.74) is 4.54. The lowest BCUT2D eigenvalue weighted by atomic mass is 9.85. The number of aliphatic hydroxyl groups is 1. The smallest absolute Gasteiger partial charge is 0.119 e. The second kappa shape index (κ2) is 15.5. The molecule has 38 heavy (non-hydrogen) atoms. The molecule has 5 nitrogen and oxygen atoms in total. The molecule has 0 radical (unpaired) electrons. The first-order valence-electron chi connectivity index (χ1n) is 14.0. The summed E-state index contributed by atoms with van der Waals surface area (Å²) < 4.78 is 5.62. The molecule has 2 aromatic carbocycles. The van der Waals surface area contributed by atoms with Crippen molar-refractivity contribution in [1.82, 2.24) is 10.2 Å². The van der Waals surface area contributed by atoms with Crippen LogP contribution in [-0.2, 0) is 11.2 Å². The number of rotatable bonds is 15. The normalized spacial score (nSPS) is 15.0. The van der Waals surface area contributed by atoms with Gasteiger partial charge in [0.1, 0.15) is 5.75 Å². The Morgan fingerprint density at radius 1 is 0.895 bits per heavy atom. The summed E-state index contributed by atoms with van der Waals surface area (Å²) in [6, 6.07) is 17.6. The summed E-state index contributed by atoms with van der Waals surface area (Å²) in [5.74, 6) is 0.665. The minimum absolute atomic E-state index is 0.0321. The largest absolute Gasteiger partial charge is 0.508 e. The first-order chi connectivity index (χ1) is 18.4. The highest BCUT2D eigenvalue weighted by molar-refractivity contribution is 5.44. The number of nitrogens with zero attached hydrogens (tertiary/aromatic N) is 1. The maximum Gasteiger partial charge on any atom is 0.119 e. The van der Waals surface area contributed by atoms with E-state index in [0.29, 0.717) is 31.0 Å². The molecule has 0 saturated carbocycles. The van der Waals surface area contributed by atoms with Crippen molar-refractivity contribution in [2.75, 3.05) is 26.4 Å². The molecule has 0 spiro atoms. The average molecular weight is 519 g/mol. The predicted molar refractivity (Wildman–Crippen MR) is 157 cm³/mol. The van der Waals surface area contributed by atoms with E-state index in [0.717, 1.165) is 37.1 Å². The number of hydrogen-bond donors (Lipinski definition) is 3. The molecule has 1 heterocycles. The van der Waals surface area contributed by atoms with E-state index in [1.807, 2.05) is 36.6 Å². The topological polar surface area (TPSA) is 65.0 Å². The van der Waals surface area contributed by atoms with Crippen molar-refractivity contribution < 1.29 is 14.9 Å². The maximum absolute atomic E-state index is 11.1. The molecule has 5 heteroatoms. The third kappa shape index (κ3) is 8.87. The predicted octanol–water partition coefficient (Wildman–Crippen LogP) is 6.15. The van der Waals surface area contributed by atoms with Crippen LogP contribution in [0.5, 0.6) is 5.75 Å². The summed E-state index contributed by atoms with van der Waals surface area (Å²) in [5, 5.41) is 23.6. The molecule has 3 N–H and O–H groups in total. The van der Waals surface area contributed by atoms with Gasteiger partial charge in [0.2, 0.25) is 0 Å². The number of phenols is 1. The molecule has 2 unspecified atom stereocenters. The molecule has 2 atom stereocenters. The van der Waals surface area contributed by atoms with Crippen molar-refractivity contribution in [3.8, 4) is 5.75 Å². The zero-order chi connectivity index (χ0) is 27.3. The standard InChI is InChI=1S/C33H46N2O3/c1-25(2)35(26(3)4)19-16-30(28-11-7-5-8-12-28)31-24-27(14-15-33(31)37)23-29(17-21-38-22-20-36)32-13-9-6-10-18-34-32/h5-15,18,24-26,29-30,34,36-37H,16-17,19-23H2,1-4H3. The maximum atomic E-state index is 11.1. The Morgan fingerprint density at radius 3 is 2.37 bits per heavy atom. The Hall–Kier alpha value is -2.86. The number of benzene rings is 2. The van der Waals surface area contributed by atoms with Crippen molar-refractivity contribution >= 4 is 0 Å². The van der Waals surface area contributed by atoms with Crippen molar-refractivity contribution in [3.05, 3.63) is 101 Å². The van der Waals surface area contributed by atoms with Gasteiger partial charge in [-0.15, -0.1) is 0 Å². The Bertz CT molecular complexity index is 1050. The monoisotopic (exact) mass is 518 g/mol. The Morgan fingerprint density at radius 2 is 1.66 bits per heavy atom. The summed E-state index contributed by atoms with van der Waals surface area (Å²) in [6.45, 7) is 10.9. The zero-order valence-electron chi connectivity index (χ0n) is 23.5. The molecular formula is C33H46N2O3. The van der Waals surface area contributed by atoms with Gasteiger partial charge in [0, 0.05) is 48.0 Å². The van der Waals surface area contributed by atoms with E-state index in [4.69, 9.17) is 9.84 Å². The van der Waals surface area contributed by atoms with E-state index in [-0.39, 0.29) is 18.4 Å². The van der Waals surface area contributed by atoms with Gasteiger partial charge in [-0.2, -0.15) is 0 Å². The van der Waals surface area contributed by atoms with Crippen LogP contribution in [0.15, 0.2) is 84.7 Å². The Balaban J connectivity index is 1.89. The lowest BCUT2D eigenvalue weighted by molar-refractivity contribution is 0.0849. The van der Waals surface area contributed by atoms with E-state index < -0.39 is 0 Å². The van der Waals surface area contributed by atoms with Crippen LogP contribution in [-0.4, -0.2) is 53.6 Å². The number of phenolic OH excluding ortho intramolecular Hbond substituents is 1. The first kappa shape index (κ1) is 29.7.